The summed E-state index contributed by atoms with van der Waals surface area (Å²) in [6.07, 6.45) is -6.57. The summed E-state index contributed by atoms with van der Waals surface area (Å²) in [5.74, 6) is -46.7. The van der Waals surface area contributed by atoms with Crippen LogP contribution in [0.5, 0.6) is 5.75 Å². The summed E-state index contributed by atoms with van der Waals surface area (Å²) in [5.41, 5.74) is 0.585. The number of ether oxygens (including phenoxy) is 2. The molecule has 0 spiro atoms. The fourth-order valence-electron chi connectivity index (χ4n) is 3.42. The molecule has 0 aliphatic carbocycles. The molecular formula is C27H29F15O3. The van der Waals surface area contributed by atoms with E-state index in [-0.39, 0.29) is 30.3 Å². The van der Waals surface area contributed by atoms with Crippen molar-refractivity contribution in [3.63, 3.8) is 0 Å². The zero-order valence-corrected chi connectivity index (χ0v) is 23.7. The van der Waals surface area contributed by atoms with E-state index in [2.05, 4.69) is 0 Å². The third-order valence-corrected chi connectivity index (χ3v) is 6.65. The van der Waals surface area contributed by atoms with Gasteiger partial charge in [0, 0.05) is 12.3 Å². The first kappa shape index (κ1) is 40.4. The molecule has 45 heavy (non-hydrogen) atoms. The lowest BCUT2D eigenvalue weighted by molar-refractivity contribution is -0.452. The smallest absolute Gasteiger partial charge is 0.460 e. The second kappa shape index (κ2) is 14.4. The van der Waals surface area contributed by atoms with E-state index in [1.54, 1.807) is 13.8 Å². The molecule has 1 rings (SSSR count). The minimum atomic E-state index is -8.30. The van der Waals surface area contributed by atoms with Gasteiger partial charge in [-0.25, -0.2) is 0 Å². The van der Waals surface area contributed by atoms with E-state index < -0.39 is 61.2 Å². The van der Waals surface area contributed by atoms with Gasteiger partial charge in [-0.3, -0.25) is 0 Å². The van der Waals surface area contributed by atoms with E-state index in [0.717, 1.165) is 6.29 Å². The Balaban J connectivity index is 2.80. The Morgan fingerprint density at radius 2 is 1.20 bits per heavy atom. The highest BCUT2D eigenvalue weighted by atomic mass is 19.4. The molecule has 0 fully saturated rings. The maximum atomic E-state index is 13.9. The number of carbonyl (C=O) groups excluding carboxylic acids is 1. The number of carbonyl (C=O) groups is 1. The van der Waals surface area contributed by atoms with Crippen LogP contribution >= 0.6 is 0 Å². The van der Waals surface area contributed by atoms with Crippen molar-refractivity contribution in [3.8, 4) is 5.75 Å². The Morgan fingerprint density at radius 3 is 1.69 bits per heavy atom. The molecule has 0 saturated carbocycles. The predicted octanol–water partition coefficient (Wildman–Crippen LogP) is 9.54. The summed E-state index contributed by atoms with van der Waals surface area (Å²) in [4.78, 5) is 10.6. The van der Waals surface area contributed by atoms with E-state index in [9.17, 15) is 70.7 Å². The Morgan fingerprint density at radius 1 is 0.711 bits per heavy atom. The average Bonchev–Trinajstić information content (AvgIpc) is 2.93. The van der Waals surface area contributed by atoms with Gasteiger partial charge >= 0.3 is 41.7 Å². The highest BCUT2D eigenvalue weighted by molar-refractivity contribution is 5.52. The molecule has 260 valence electrons. The van der Waals surface area contributed by atoms with Crippen molar-refractivity contribution < 1.29 is 80.1 Å². The largest absolute Gasteiger partial charge is 0.494 e. The monoisotopic (exact) mass is 686 g/mol. The van der Waals surface area contributed by atoms with Crippen LogP contribution in [0.4, 0.5) is 65.9 Å². The second-order valence-electron chi connectivity index (χ2n) is 10.3. The highest BCUT2D eigenvalue weighted by Crippen LogP contribution is 2.62. The molecule has 1 aromatic carbocycles. The van der Waals surface area contributed by atoms with Gasteiger partial charge in [0.25, 0.3) is 0 Å². The molecule has 0 aromatic heterocycles. The first-order valence-corrected chi connectivity index (χ1v) is 13.0. The van der Waals surface area contributed by atoms with Crippen molar-refractivity contribution in [2.24, 2.45) is 11.8 Å². The molecule has 3 atom stereocenters. The lowest BCUT2D eigenvalue weighted by Crippen LogP contribution is -2.72. The minimum absolute atomic E-state index is 0.0273. The number of halogens is 15. The van der Waals surface area contributed by atoms with Gasteiger partial charge in [0.1, 0.15) is 12.0 Å². The molecule has 0 unspecified atom stereocenters. The van der Waals surface area contributed by atoms with Gasteiger partial charge in [-0.1, -0.05) is 38.1 Å². The second-order valence-corrected chi connectivity index (χ2v) is 10.3. The van der Waals surface area contributed by atoms with Crippen LogP contribution in [0.2, 0.25) is 0 Å². The topological polar surface area (TPSA) is 35.5 Å². The summed E-state index contributed by atoms with van der Waals surface area (Å²) in [6.45, 7) is 4.56. The summed E-state index contributed by atoms with van der Waals surface area (Å²) in [7, 11) is 0. The molecule has 3 nitrogen and oxygen atoms in total. The predicted molar refractivity (Wildman–Crippen MR) is 129 cm³/mol. The fourth-order valence-corrected chi connectivity index (χ4v) is 3.42. The fraction of sp³-hybridized carbons (Fsp3) is 0.667. The lowest BCUT2D eigenvalue weighted by Gasteiger charge is -2.41. The first-order chi connectivity index (χ1) is 20.2. The van der Waals surface area contributed by atoms with Gasteiger partial charge in [-0.15, -0.1) is 0 Å². The molecule has 0 aliphatic heterocycles. The van der Waals surface area contributed by atoms with Crippen LogP contribution in [0, 0.1) is 11.8 Å². The molecule has 0 aliphatic rings. The molecular weight excluding hydrogens is 657 g/mol. The summed E-state index contributed by atoms with van der Waals surface area (Å²) in [6, 6.07) is 5.41. The summed E-state index contributed by atoms with van der Waals surface area (Å²) < 4.78 is 210. The van der Waals surface area contributed by atoms with Crippen LogP contribution in [0.25, 0.3) is 0 Å². The van der Waals surface area contributed by atoms with E-state index in [1.165, 1.54) is 24.3 Å². The van der Waals surface area contributed by atoms with Gasteiger partial charge in [0.2, 0.25) is 0 Å². The number of rotatable bonds is 18. The molecule has 0 saturated heterocycles. The van der Waals surface area contributed by atoms with Crippen LogP contribution in [-0.2, 0) is 16.1 Å². The third kappa shape index (κ3) is 8.58. The van der Waals surface area contributed by atoms with Crippen molar-refractivity contribution >= 4 is 6.29 Å². The maximum absolute atomic E-state index is 13.9. The van der Waals surface area contributed by atoms with Crippen LogP contribution < -0.4 is 4.74 Å². The molecule has 0 heterocycles. The Hall–Kier alpha value is -2.66. The molecule has 0 bridgehead atoms. The van der Waals surface area contributed by atoms with Crippen molar-refractivity contribution in [3.05, 3.63) is 42.0 Å². The highest BCUT2D eigenvalue weighted by Gasteiger charge is 2.93. The number of alkyl halides is 15. The molecule has 0 radical (unpaired) electrons. The SMILES string of the molecule is C[C@H](C=O)C/C=C/[C@@H](C)[C@H](C)OCc1ccc(OCCCC(F)(F)C(F)(F)C(F)(F)C(F)(F)C(F)(F)C(F)(F)C(F)(F)F)cc1. The van der Waals surface area contributed by atoms with Crippen molar-refractivity contribution in [1.29, 1.82) is 0 Å². The van der Waals surface area contributed by atoms with E-state index in [4.69, 9.17) is 9.47 Å². The summed E-state index contributed by atoms with van der Waals surface area (Å²) in [5, 5.41) is 0. The Labute approximate surface area is 247 Å². The number of allylic oxidation sites excluding steroid dienone is 1. The standard InChI is InChI=1S/C27H29F15O3/c1-16(14-43)6-4-7-17(2)18(3)45-15-19-8-10-20(11-9-19)44-13-5-12-21(28,29)22(30,31)23(32,33)24(34,35)25(36,37)26(38,39)27(40,41)42/h4,7-11,14,16-18H,5-6,12-13,15H2,1-3H3/b7-4+/t16-,17+,18-/m0/s1. The van der Waals surface area contributed by atoms with Crippen LogP contribution in [0.3, 0.4) is 0 Å². The van der Waals surface area contributed by atoms with Gasteiger partial charge in [-0.2, -0.15) is 65.9 Å². The van der Waals surface area contributed by atoms with Crippen molar-refractivity contribution in [1.82, 2.24) is 0 Å². The Kier molecular flexibility index (Phi) is 12.9. The zero-order valence-electron chi connectivity index (χ0n) is 23.7. The quantitative estimate of drug-likeness (QED) is 0.0668. The van der Waals surface area contributed by atoms with E-state index in [1.807, 2.05) is 19.1 Å². The third-order valence-electron chi connectivity index (χ3n) is 6.65. The molecule has 18 heteroatoms. The number of hydrogen-bond acceptors (Lipinski definition) is 3. The Bertz CT molecular complexity index is 1120. The average molecular weight is 686 g/mol. The molecule has 1 aromatic rings. The number of benzene rings is 1. The lowest BCUT2D eigenvalue weighted by atomic mass is 9.90. The van der Waals surface area contributed by atoms with Crippen LogP contribution in [0.15, 0.2) is 36.4 Å². The zero-order chi connectivity index (χ0) is 35.3. The van der Waals surface area contributed by atoms with Gasteiger partial charge in [-0.05, 0) is 43.4 Å². The normalized spacial score (nSPS) is 16.5. The molecule has 0 amide bonds. The van der Waals surface area contributed by atoms with Crippen molar-refractivity contribution in [2.75, 3.05) is 6.61 Å². The number of hydrogen-bond donors (Lipinski definition) is 0. The van der Waals surface area contributed by atoms with E-state index >= 15 is 0 Å². The van der Waals surface area contributed by atoms with Crippen LogP contribution in [-0.4, -0.2) is 60.7 Å². The van der Waals surface area contributed by atoms with Gasteiger partial charge < -0.3 is 14.3 Å². The minimum Gasteiger partial charge on any atom is -0.494 e. The van der Waals surface area contributed by atoms with Crippen LogP contribution in [0.1, 0.15) is 45.6 Å². The maximum Gasteiger partial charge on any atom is 0.460 e. The summed E-state index contributed by atoms with van der Waals surface area (Å²) >= 11 is 0. The van der Waals surface area contributed by atoms with Gasteiger partial charge in [0.15, 0.2) is 0 Å². The van der Waals surface area contributed by atoms with E-state index in [0.29, 0.717) is 12.0 Å². The van der Waals surface area contributed by atoms with Crippen molar-refractivity contribution in [2.45, 2.75) is 94.5 Å². The first-order valence-electron chi connectivity index (χ1n) is 13.0. The number of aldehydes is 1. The van der Waals surface area contributed by atoms with Gasteiger partial charge in [0.05, 0.1) is 19.3 Å². The molecule has 0 N–H and O–H groups in total.